The lowest BCUT2D eigenvalue weighted by atomic mass is 9.95. The summed E-state index contributed by atoms with van der Waals surface area (Å²) in [6.07, 6.45) is 7.40. The van der Waals surface area contributed by atoms with Gasteiger partial charge in [-0.05, 0) is 12.2 Å². The summed E-state index contributed by atoms with van der Waals surface area (Å²) in [5.41, 5.74) is 0.488. The lowest BCUT2D eigenvalue weighted by Crippen LogP contribution is -2.18. The van der Waals surface area contributed by atoms with Gasteiger partial charge in [0.05, 0.1) is 11.6 Å². The summed E-state index contributed by atoms with van der Waals surface area (Å²) in [5.74, 6) is -1.02. The second-order valence-electron chi connectivity index (χ2n) is 2.62. The van der Waals surface area contributed by atoms with E-state index in [-0.39, 0.29) is 11.7 Å². The molecule has 0 aromatic heterocycles. The van der Waals surface area contributed by atoms with Crippen molar-refractivity contribution in [2.24, 2.45) is 10.9 Å². The molecular formula is C9H6FNO. The van der Waals surface area contributed by atoms with Gasteiger partial charge in [0.1, 0.15) is 5.83 Å². The molecule has 1 atom stereocenters. The Labute approximate surface area is 68.8 Å². The van der Waals surface area contributed by atoms with E-state index in [1.165, 1.54) is 18.2 Å². The first-order chi connectivity index (χ1) is 5.77. The summed E-state index contributed by atoms with van der Waals surface area (Å²) in [6.45, 7) is 0. The van der Waals surface area contributed by atoms with Crippen molar-refractivity contribution < 1.29 is 9.18 Å². The predicted octanol–water partition coefficient (Wildman–Crippen LogP) is 1.56. The van der Waals surface area contributed by atoms with Crippen LogP contribution < -0.4 is 0 Å². The van der Waals surface area contributed by atoms with Crippen LogP contribution in [-0.4, -0.2) is 11.6 Å². The van der Waals surface area contributed by atoms with Gasteiger partial charge >= 0.3 is 0 Å². The van der Waals surface area contributed by atoms with E-state index in [1.807, 2.05) is 0 Å². The second kappa shape index (κ2) is 2.52. The van der Waals surface area contributed by atoms with Crippen LogP contribution in [0.5, 0.6) is 0 Å². The molecule has 2 aliphatic rings. The average Bonchev–Trinajstić information content (AvgIpc) is 2.04. The largest absolute Gasteiger partial charge is 0.269 e. The van der Waals surface area contributed by atoms with Gasteiger partial charge in [0.15, 0.2) is 0 Å². The van der Waals surface area contributed by atoms with Crippen LogP contribution in [0.15, 0.2) is 41.2 Å². The fourth-order valence-corrected chi connectivity index (χ4v) is 1.23. The number of hydrogen-bond acceptors (Lipinski definition) is 1. The van der Waals surface area contributed by atoms with E-state index in [1.54, 1.807) is 12.2 Å². The molecule has 1 amide bonds. The number of carbonyl (C=O) groups is 1. The van der Waals surface area contributed by atoms with Gasteiger partial charge < -0.3 is 0 Å². The summed E-state index contributed by atoms with van der Waals surface area (Å²) in [6, 6.07) is 0. The van der Waals surface area contributed by atoms with E-state index in [0.717, 1.165) is 0 Å². The van der Waals surface area contributed by atoms with Crippen molar-refractivity contribution >= 4 is 11.6 Å². The van der Waals surface area contributed by atoms with Crippen molar-refractivity contribution in [3.05, 3.63) is 36.2 Å². The number of amides is 1. The Bertz CT molecular complexity index is 350. The van der Waals surface area contributed by atoms with Crippen LogP contribution in [0.25, 0.3) is 0 Å². The molecule has 1 heterocycles. The number of hydrogen-bond donors (Lipinski definition) is 0. The molecule has 0 aromatic rings. The molecule has 1 aliphatic heterocycles. The molecule has 0 spiro atoms. The number of halogens is 1. The Hall–Kier alpha value is -1.51. The average molecular weight is 163 g/mol. The SMILES string of the molecule is O=C1C=CC2C(F)=CC=CC2=N1. The third kappa shape index (κ3) is 1.03. The van der Waals surface area contributed by atoms with Gasteiger partial charge in [-0.1, -0.05) is 12.2 Å². The van der Waals surface area contributed by atoms with Gasteiger partial charge in [0.2, 0.25) is 0 Å². The first-order valence-electron chi connectivity index (χ1n) is 3.62. The lowest BCUT2D eigenvalue weighted by Gasteiger charge is -2.15. The molecule has 2 nitrogen and oxygen atoms in total. The van der Waals surface area contributed by atoms with Crippen LogP contribution in [0.2, 0.25) is 0 Å². The molecule has 0 radical (unpaired) electrons. The fraction of sp³-hybridized carbons (Fsp3) is 0.111. The molecule has 1 unspecified atom stereocenters. The zero-order chi connectivity index (χ0) is 8.55. The van der Waals surface area contributed by atoms with E-state index in [4.69, 9.17) is 0 Å². The third-order valence-corrected chi connectivity index (χ3v) is 1.81. The Kier molecular flexibility index (Phi) is 1.50. The number of aliphatic imine (C=N–C) groups is 1. The van der Waals surface area contributed by atoms with Crippen LogP contribution in [0.1, 0.15) is 0 Å². The zero-order valence-electron chi connectivity index (χ0n) is 6.20. The van der Waals surface area contributed by atoms with Gasteiger partial charge in [-0.2, -0.15) is 0 Å². The lowest BCUT2D eigenvalue weighted by molar-refractivity contribution is -0.113. The highest BCUT2D eigenvalue weighted by atomic mass is 19.1. The Morgan fingerprint density at radius 1 is 1.42 bits per heavy atom. The summed E-state index contributed by atoms with van der Waals surface area (Å²) in [4.78, 5) is 14.5. The third-order valence-electron chi connectivity index (χ3n) is 1.81. The molecule has 0 aromatic carbocycles. The molecule has 0 bridgehead atoms. The minimum absolute atomic E-state index is 0.264. The first kappa shape index (κ1) is 7.16. The second-order valence-corrected chi connectivity index (χ2v) is 2.62. The van der Waals surface area contributed by atoms with Crippen molar-refractivity contribution in [1.82, 2.24) is 0 Å². The maximum absolute atomic E-state index is 13.0. The number of rotatable bonds is 0. The highest BCUT2D eigenvalue weighted by molar-refractivity contribution is 6.11. The fourth-order valence-electron chi connectivity index (χ4n) is 1.23. The maximum Gasteiger partial charge on any atom is 0.269 e. The predicted molar refractivity (Wildman–Crippen MR) is 43.4 cm³/mol. The van der Waals surface area contributed by atoms with Gasteiger partial charge in [-0.15, -0.1) is 0 Å². The number of carbonyl (C=O) groups excluding carboxylic acids is 1. The zero-order valence-corrected chi connectivity index (χ0v) is 6.20. The molecule has 0 saturated carbocycles. The quantitative estimate of drug-likeness (QED) is 0.532. The van der Waals surface area contributed by atoms with Crippen LogP contribution in [0.3, 0.4) is 0 Å². The van der Waals surface area contributed by atoms with Crippen LogP contribution in [0, 0.1) is 5.92 Å². The van der Waals surface area contributed by atoms with E-state index in [0.29, 0.717) is 5.71 Å². The summed E-state index contributed by atoms with van der Waals surface area (Å²) in [7, 11) is 0. The Morgan fingerprint density at radius 2 is 2.25 bits per heavy atom. The molecule has 60 valence electrons. The topological polar surface area (TPSA) is 29.4 Å². The monoisotopic (exact) mass is 163 g/mol. The van der Waals surface area contributed by atoms with E-state index < -0.39 is 5.92 Å². The molecule has 1 aliphatic carbocycles. The summed E-state index contributed by atoms with van der Waals surface area (Å²) >= 11 is 0. The standard InChI is InChI=1S/C9H6FNO/c10-7-2-1-3-8-6(7)4-5-9(12)11-8/h1-6H. The molecule has 3 heteroatoms. The van der Waals surface area contributed by atoms with Gasteiger partial charge in [-0.3, -0.25) is 4.79 Å². The number of fused-ring (bicyclic) bond motifs is 1. The van der Waals surface area contributed by atoms with Crippen molar-refractivity contribution in [2.75, 3.05) is 0 Å². The van der Waals surface area contributed by atoms with Crippen LogP contribution in [0.4, 0.5) is 4.39 Å². The van der Waals surface area contributed by atoms with Crippen molar-refractivity contribution in [2.45, 2.75) is 0 Å². The van der Waals surface area contributed by atoms with Crippen molar-refractivity contribution in [3.8, 4) is 0 Å². The number of dihydropyridines is 1. The smallest absolute Gasteiger partial charge is 0.267 e. The first-order valence-corrected chi connectivity index (χ1v) is 3.62. The van der Waals surface area contributed by atoms with E-state index in [9.17, 15) is 9.18 Å². The van der Waals surface area contributed by atoms with Crippen LogP contribution in [-0.2, 0) is 4.79 Å². The highest BCUT2D eigenvalue weighted by Gasteiger charge is 2.22. The van der Waals surface area contributed by atoms with Gasteiger partial charge in [0.25, 0.3) is 5.91 Å². The van der Waals surface area contributed by atoms with Gasteiger partial charge in [-0.25, -0.2) is 9.38 Å². The van der Waals surface area contributed by atoms with E-state index in [2.05, 4.69) is 4.99 Å². The van der Waals surface area contributed by atoms with Crippen molar-refractivity contribution in [3.63, 3.8) is 0 Å². The number of nitrogens with zero attached hydrogens (tertiary/aromatic N) is 1. The number of allylic oxidation sites excluding steroid dienone is 5. The Balaban J connectivity index is 2.42. The molecule has 12 heavy (non-hydrogen) atoms. The molecule has 0 saturated heterocycles. The van der Waals surface area contributed by atoms with Gasteiger partial charge in [0, 0.05) is 6.08 Å². The summed E-state index contributed by atoms with van der Waals surface area (Å²) < 4.78 is 13.0. The van der Waals surface area contributed by atoms with Crippen molar-refractivity contribution in [1.29, 1.82) is 0 Å². The molecule has 0 N–H and O–H groups in total. The van der Waals surface area contributed by atoms with E-state index >= 15 is 0 Å². The normalized spacial score (nSPS) is 26.4. The molecule has 2 rings (SSSR count). The minimum Gasteiger partial charge on any atom is -0.267 e. The summed E-state index contributed by atoms with van der Waals surface area (Å²) in [5, 5.41) is 0. The molecule has 0 fully saturated rings. The van der Waals surface area contributed by atoms with Crippen LogP contribution >= 0.6 is 0 Å². The minimum atomic E-state index is -0.437. The Morgan fingerprint density at radius 3 is 3.08 bits per heavy atom. The maximum atomic E-state index is 13.0. The highest BCUT2D eigenvalue weighted by Crippen LogP contribution is 2.23. The molecular weight excluding hydrogens is 157 g/mol.